The fourth-order valence-electron chi connectivity index (χ4n) is 4.96. The first-order valence-corrected chi connectivity index (χ1v) is 12.2. The van der Waals surface area contributed by atoms with Crippen LogP contribution >= 0.6 is 11.3 Å². The standard InChI is InChI=1S/C27H29FN4S/c1-27(2)20-14-19(13-17-5-11-22(12-6-17)32(3)4)25(23(27)15-20)30-31-26-29-24(16-33-26)18-7-9-21(28)10-8-18/h5-13,16,20,23H,14-15H2,1-4H3,(H,29,31). The summed E-state index contributed by atoms with van der Waals surface area (Å²) in [5.74, 6) is 0.916. The van der Waals surface area contributed by atoms with E-state index in [0.717, 1.165) is 28.5 Å². The largest absolute Gasteiger partial charge is 0.378 e. The SMILES string of the molecule is CN(C)c1ccc(C=C2CC3CC(C2=NNc2nc(-c4ccc(F)cc4)cs2)C3(C)C)cc1. The fraction of sp³-hybridized carbons (Fsp3) is 0.333. The molecule has 0 aliphatic heterocycles. The minimum Gasteiger partial charge on any atom is -0.378 e. The third-order valence-corrected chi connectivity index (χ3v) is 8.01. The molecule has 0 radical (unpaired) electrons. The van der Waals surface area contributed by atoms with Gasteiger partial charge in [-0.05, 0) is 77.8 Å². The fourth-order valence-corrected chi connectivity index (χ4v) is 5.62. The molecule has 3 saturated carbocycles. The van der Waals surface area contributed by atoms with Crippen molar-refractivity contribution in [3.05, 3.63) is 70.9 Å². The van der Waals surface area contributed by atoms with E-state index >= 15 is 0 Å². The Morgan fingerprint density at radius 3 is 2.52 bits per heavy atom. The first-order valence-electron chi connectivity index (χ1n) is 11.3. The van der Waals surface area contributed by atoms with Crippen LogP contribution in [0.15, 0.2) is 64.6 Å². The average molecular weight is 461 g/mol. The number of fused-ring (bicyclic) bond motifs is 2. The summed E-state index contributed by atoms with van der Waals surface area (Å²) in [5, 5.41) is 7.61. The Morgan fingerprint density at radius 1 is 1.12 bits per heavy atom. The van der Waals surface area contributed by atoms with Crippen molar-refractivity contribution in [3.8, 4) is 11.3 Å². The van der Waals surface area contributed by atoms with E-state index in [4.69, 9.17) is 5.10 Å². The van der Waals surface area contributed by atoms with E-state index in [1.54, 1.807) is 12.1 Å². The molecule has 6 heteroatoms. The average Bonchev–Trinajstić information content (AvgIpc) is 3.28. The highest BCUT2D eigenvalue weighted by molar-refractivity contribution is 7.14. The van der Waals surface area contributed by atoms with Gasteiger partial charge in [0.05, 0.1) is 11.4 Å². The molecule has 2 unspecified atom stereocenters. The lowest BCUT2D eigenvalue weighted by atomic mass is 9.47. The van der Waals surface area contributed by atoms with Crippen LogP contribution in [0.25, 0.3) is 17.3 Å². The van der Waals surface area contributed by atoms with E-state index < -0.39 is 0 Å². The molecule has 0 saturated heterocycles. The van der Waals surface area contributed by atoms with E-state index in [1.165, 1.54) is 46.7 Å². The van der Waals surface area contributed by atoms with Crippen LogP contribution in [0.3, 0.4) is 0 Å². The topological polar surface area (TPSA) is 40.5 Å². The summed E-state index contributed by atoms with van der Waals surface area (Å²) < 4.78 is 13.2. The second kappa shape index (κ2) is 8.41. The summed E-state index contributed by atoms with van der Waals surface area (Å²) in [4.78, 5) is 6.77. The lowest BCUT2D eigenvalue weighted by Crippen LogP contribution is -2.53. The van der Waals surface area contributed by atoms with Gasteiger partial charge < -0.3 is 4.90 Å². The third kappa shape index (κ3) is 4.20. The zero-order chi connectivity index (χ0) is 23.2. The molecule has 0 spiro atoms. The molecule has 170 valence electrons. The van der Waals surface area contributed by atoms with E-state index in [2.05, 4.69) is 73.6 Å². The van der Waals surface area contributed by atoms with Gasteiger partial charge in [0.15, 0.2) is 0 Å². The number of allylic oxidation sites excluding steroid dienone is 1. The van der Waals surface area contributed by atoms with Gasteiger partial charge in [-0.15, -0.1) is 11.3 Å². The minimum atomic E-state index is -0.242. The quantitative estimate of drug-likeness (QED) is 0.420. The number of hydrazone groups is 1. The number of aromatic nitrogens is 1. The van der Waals surface area contributed by atoms with Gasteiger partial charge in [-0.1, -0.05) is 26.0 Å². The van der Waals surface area contributed by atoms with Crippen LogP contribution in [-0.2, 0) is 0 Å². The molecule has 1 heterocycles. The molecule has 3 fully saturated rings. The Labute approximate surface area is 198 Å². The number of nitrogens with zero attached hydrogens (tertiary/aromatic N) is 3. The van der Waals surface area contributed by atoms with E-state index in [0.29, 0.717) is 11.8 Å². The number of thiazole rings is 1. The highest BCUT2D eigenvalue weighted by Gasteiger charge is 2.54. The van der Waals surface area contributed by atoms with Crippen molar-refractivity contribution in [2.45, 2.75) is 26.7 Å². The molecule has 2 bridgehead atoms. The smallest absolute Gasteiger partial charge is 0.203 e. The van der Waals surface area contributed by atoms with Crippen molar-refractivity contribution < 1.29 is 4.39 Å². The zero-order valence-electron chi connectivity index (χ0n) is 19.5. The van der Waals surface area contributed by atoms with Crippen LogP contribution in [-0.4, -0.2) is 24.8 Å². The summed E-state index contributed by atoms with van der Waals surface area (Å²) in [5.41, 5.74) is 10.1. The highest BCUT2D eigenvalue weighted by atomic mass is 32.1. The Morgan fingerprint density at radius 2 is 1.85 bits per heavy atom. The lowest BCUT2D eigenvalue weighted by Gasteiger charge is -2.57. The Hall–Kier alpha value is -2.99. The van der Waals surface area contributed by atoms with Crippen molar-refractivity contribution in [1.29, 1.82) is 0 Å². The maximum absolute atomic E-state index is 13.2. The van der Waals surface area contributed by atoms with Crippen molar-refractivity contribution >= 4 is 33.9 Å². The lowest BCUT2D eigenvalue weighted by molar-refractivity contribution is 0.0143. The molecule has 4 nitrogen and oxygen atoms in total. The Bertz CT molecular complexity index is 1210. The molecular formula is C27H29FN4S. The second-order valence-corrected chi connectivity index (χ2v) is 10.7. The number of rotatable bonds is 5. The van der Waals surface area contributed by atoms with Gasteiger partial charge in [0.2, 0.25) is 5.13 Å². The predicted molar refractivity (Wildman–Crippen MR) is 137 cm³/mol. The number of nitrogens with one attached hydrogen (secondary N) is 1. The number of halogens is 1. The molecule has 3 aliphatic carbocycles. The summed E-state index contributed by atoms with van der Waals surface area (Å²) >= 11 is 1.51. The van der Waals surface area contributed by atoms with Crippen LogP contribution in [0.1, 0.15) is 32.3 Å². The van der Waals surface area contributed by atoms with Crippen molar-refractivity contribution in [2.24, 2.45) is 22.4 Å². The van der Waals surface area contributed by atoms with Crippen molar-refractivity contribution in [3.63, 3.8) is 0 Å². The molecule has 1 N–H and O–H groups in total. The molecule has 0 amide bonds. The van der Waals surface area contributed by atoms with Gasteiger partial charge in [-0.2, -0.15) is 5.10 Å². The Balaban J connectivity index is 1.40. The molecule has 2 aromatic carbocycles. The number of hydrogen-bond donors (Lipinski definition) is 1. The van der Waals surface area contributed by atoms with Gasteiger partial charge in [-0.25, -0.2) is 9.37 Å². The van der Waals surface area contributed by atoms with Crippen LogP contribution in [0.2, 0.25) is 0 Å². The van der Waals surface area contributed by atoms with Gasteiger partial charge in [-0.3, -0.25) is 5.43 Å². The van der Waals surface area contributed by atoms with Gasteiger partial charge in [0.25, 0.3) is 0 Å². The number of anilines is 2. The van der Waals surface area contributed by atoms with Crippen LogP contribution in [0.4, 0.5) is 15.2 Å². The van der Waals surface area contributed by atoms with E-state index in [1.807, 2.05) is 5.38 Å². The zero-order valence-corrected chi connectivity index (χ0v) is 20.3. The van der Waals surface area contributed by atoms with Gasteiger partial charge in [0, 0.05) is 36.6 Å². The first kappa shape index (κ1) is 21.8. The van der Waals surface area contributed by atoms with E-state index in [9.17, 15) is 4.39 Å². The normalized spacial score (nSPS) is 23.4. The van der Waals surface area contributed by atoms with E-state index in [-0.39, 0.29) is 11.2 Å². The monoisotopic (exact) mass is 460 g/mol. The number of hydrogen-bond acceptors (Lipinski definition) is 5. The van der Waals surface area contributed by atoms with Crippen LogP contribution in [0, 0.1) is 23.1 Å². The molecule has 6 rings (SSSR count). The highest BCUT2D eigenvalue weighted by Crippen LogP contribution is 2.59. The second-order valence-electron chi connectivity index (χ2n) is 9.82. The summed E-state index contributed by atoms with van der Waals surface area (Å²) in [6.45, 7) is 4.72. The molecule has 3 aromatic rings. The van der Waals surface area contributed by atoms with Crippen molar-refractivity contribution in [1.82, 2.24) is 4.98 Å². The maximum atomic E-state index is 13.2. The molecule has 3 aliphatic rings. The third-order valence-electron chi connectivity index (χ3n) is 7.26. The maximum Gasteiger partial charge on any atom is 0.203 e. The minimum absolute atomic E-state index is 0.242. The molecular weight excluding hydrogens is 431 g/mol. The van der Waals surface area contributed by atoms with Crippen molar-refractivity contribution in [2.75, 3.05) is 24.4 Å². The summed E-state index contributed by atoms with van der Waals surface area (Å²) in [6, 6.07) is 15.1. The summed E-state index contributed by atoms with van der Waals surface area (Å²) in [7, 11) is 4.11. The first-order chi connectivity index (χ1) is 15.8. The molecule has 2 atom stereocenters. The van der Waals surface area contributed by atoms with Crippen LogP contribution in [0.5, 0.6) is 0 Å². The van der Waals surface area contributed by atoms with Gasteiger partial charge in [0.1, 0.15) is 5.82 Å². The van der Waals surface area contributed by atoms with Crippen LogP contribution < -0.4 is 10.3 Å². The number of benzene rings is 2. The summed E-state index contributed by atoms with van der Waals surface area (Å²) in [6.07, 6.45) is 4.54. The Kier molecular flexibility index (Phi) is 5.57. The van der Waals surface area contributed by atoms with Gasteiger partial charge >= 0.3 is 0 Å². The molecule has 33 heavy (non-hydrogen) atoms. The molecule has 1 aromatic heterocycles. The predicted octanol–water partition coefficient (Wildman–Crippen LogP) is 6.93.